The lowest BCUT2D eigenvalue weighted by Gasteiger charge is -2.17. The van der Waals surface area contributed by atoms with Crippen molar-refractivity contribution in [1.29, 1.82) is 0 Å². The second-order valence-corrected chi connectivity index (χ2v) is 5.56. The number of aryl methyl sites for hydroxylation is 1. The molecule has 0 radical (unpaired) electrons. The normalized spacial score (nSPS) is 18.1. The van der Waals surface area contributed by atoms with Gasteiger partial charge in [0.15, 0.2) is 0 Å². The Morgan fingerprint density at radius 2 is 2.10 bits per heavy atom. The fraction of sp³-hybridized carbons (Fsp3) is 0.250. The molecule has 21 heavy (non-hydrogen) atoms. The molecule has 5 heteroatoms. The molecule has 1 aromatic carbocycles. The van der Waals surface area contributed by atoms with Gasteiger partial charge in [0.25, 0.3) is 0 Å². The van der Waals surface area contributed by atoms with Crippen LogP contribution in [0.3, 0.4) is 0 Å². The van der Waals surface area contributed by atoms with Crippen molar-refractivity contribution < 1.29 is 4.79 Å². The SMILES string of the molecule is Cc1cccc(NC2CCN(c3cccc(Cl)c3)C2=O)n1. The van der Waals surface area contributed by atoms with Gasteiger partial charge in [0.05, 0.1) is 0 Å². The van der Waals surface area contributed by atoms with Crippen molar-refractivity contribution in [1.82, 2.24) is 4.98 Å². The summed E-state index contributed by atoms with van der Waals surface area (Å²) in [5.41, 5.74) is 1.77. The molecule has 1 N–H and O–H groups in total. The molecule has 0 saturated carbocycles. The number of hydrogen-bond donors (Lipinski definition) is 1. The van der Waals surface area contributed by atoms with Crippen LogP contribution >= 0.6 is 11.6 Å². The first-order valence-electron chi connectivity index (χ1n) is 6.90. The number of anilines is 2. The molecule has 1 aliphatic rings. The number of carbonyl (C=O) groups is 1. The maximum absolute atomic E-state index is 12.5. The molecule has 1 unspecified atom stereocenters. The Morgan fingerprint density at radius 1 is 1.29 bits per heavy atom. The number of nitrogens with zero attached hydrogens (tertiary/aromatic N) is 2. The monoisotopic (exact) mass is 301 g/mol. The van der Waals surface area contributed by atoms with Crippen LogP contribution in [0.25, 0.3) is 0 Å². The van der Waals surface area contributed by atoms with Gasteiger partial charge in [-0.1, -0.05) is 23.7 Å². The summed E-state index contributed by atoms with van der Waals surface area (Å²) in [5, 5.41) is 3.85. The zero-order valence-corrected chi connectivity index (χ0v) is 12.5. The third-order valence-electron chi connectivity index (χ3n) is 3.54. The molecule has 0 spiro atoms. The van der Waals surface area contributed by atoms with E-state index in [0.29, 0.717) is 11.6 Å². The van der Waals surface area contributed by atoms with Crippen LogP contribution in [0.1, 0.15) is 12.1 Å². The summed E-state index contributed by atoms with van der Waals surface area (Å²) in [6.07, 6.45) is 0.751. The van der Waals surface area contributed by atoms with Crippen molar-refractivity contribution in [3.05, 3.63) is 53.2 Å². The van der Waals surface area contributed by atoms with Gasteiger partial charge >= 0.3 is 0 Å². The van der Waals surface area contributed by atoms with E-state index in [1.807, 2.05) is 43.3 Å². The zero-order valence-electron chi connectivity index (χ0n) is 11.7. The van der Waals surface area contributed by atoms with E-state index in [-0.39, 0.29) is 11.9 Å². The number of carbonyl (C=O) groups excluding carboxylic acids is 1. The van der Waals surface area contributed by atoms with E-state index in [9.17, 15) is 4.79 Å². The lowest BCUT2D eigenvalue weighted by Crippen LogP contribution is -2.33. The van der Waals surface area contributed by atoms with Crippen LogP contribution in [-0.2, 0) is 4.79 Å². The molecule has 2 heterocycles. The Morgan fingerprint density at radius 3 is 2.86 bits per heavy atom. The minimum absolute atomic E-state index is 0.0561. The van der Waals surface area contributed by atoms with Gasteiger partial charge in [0.1, 0.15) is 11.9 Å². The Kier molecular flexibility index (Phi) is 3.80. The van der Waals surface area contributed by atoms with Gasteiger partial charge in [0.2, 0.25) is 5.91 Å². The Hall–Kier alpha value is -2.07. The predicted octanol–water partition coefficient (Wildman–Crippen LogP) is 3.26. The van der Waals surface area contributed by atoms with Crippen LogP contribution < -0.4 is 10.2 Å². The van der Waals surface area contributed by atoms with Gasteiger partial charge in [0, 0.05) is 22.9 Å². The minimum atomic E-state index is -0.238. The topological polar surface area (TPSA) is 45.2 Å². The highest BCUT2D eigenvalue weighted by atomic mass is 35.5. The van der Waals surface area contributed by atoms with E-state index in [4.69, 9.17) is 11.6 Å². The van der Waals surface area contributed by atoms with E-state index in [0.717, 1.165) is 23.6 Å². The molecule has 4 nitrogen and oxygen atoms in total. The molecule has 0 aliphatic carbocycles. The summed E-state index contributed by atoms with van der Waals surface area (Å²) in [4.78, 5) is 18.6. The van der Waals surface area contributed by atoms with E-state index in [2.05, 4.69) is 10.3 Å². The van der Waals surface area contributed by atoms with E-state index < -0.39 is 0 Å². The lowest BCUT2D eigenvalue weighted by atomic mass is 10.2. The lowest BCUT2D eigenvalue weighted by molar-refractivity contribution is -0.117. The van der Waals surface area contributed by atoms with Gasteiger partial charge in [-0.05, 0) is 43.7 Å². The van der Waals surface area contributed by atoms with Gasteiger partial charge in [-0.2, -0.15) is 0 Å². The number of aromatic nitrogens is 1. The maximum Gasteiger partial charge on any atom is 0.249 e. The summed E-state index contributed by atoms with van der Waals surface area (Å²) in [6.45, 7) is 2.61. The number of benzene rings is 1. The smallest absolute Gasteiger partial charge is 0.249 e. The third kappa shape index (κ3) is 3.00. The van der Waals surface area contributed by atoms with E-state index in [1.54, 1.807) is 11.0 Å². The quantitative estimate of drug-likeness (QED) is 0.946. The fourth-order valence-electron chi connectivity index (χ4n) is 2.52. The number of rotatable bonds is 3. The van der Waals surface area contributed by atoms with Crippen molar-refractivity contribution in [2.75, 3.05) is 16.8 Å². The molecule has 1 fully saturated rings. The Bertz CT molecular complexity index is 674. The van der Waals surface area contributed by atoms with Crippen molar-refractivity contribution >= 4 is 29.0 Å². The molecule has 0 bridgehead atoms. The molecule has 108 valence electrons. The molecule has 1 saturated heterocycles. The number of hydrogen-bond acceptors (Lipinski definition) is 3. The van der Waals surface area contributed by atoms with Crippen molar-refractivity contribution in [2.24, 2.45) is 0 Å². The van der Waals surface area contributed by atoms with Crippen molar-refractivity contribution in [3.8, 4) is 0 Å². The minimum Gasteiger partial charge on any atom is -0.358 e. The highest BCUT2D eigenvalue weighted by Gasteiger charge is 2.32. The molecule has 1 aliphatic heterocycles. The molecular weight excluding hydrogens is 286 g/mol. The number of nitrogens with one attached hydrogen (secondary N) is 1. The van der Waals surface area contributed by atoms with E-state index in [1.165, 1.54) is 0 Å². The second-order valence-electron chi connectivity index (χ2n) is 5.12. The van der Waals surface area contributed by atoms with Gasteiger partial charge < -0.3 is 10.2 Å². The third-order valence-corrected chi connectivity index (χ3v) is 3.77. The Labute approximate surface area is 128 Å². The van der Waals surface area contributed by atoms with Gasteiger partial charge in [-0.25, -0.2) is 4.98 Å². The van der Waals surface area contributed by atoms with Gasteiger partial charge in [-0.3, -0.25) is 4.79 Å². The first-order valence-corrected chi connectivity index (χ1v) is 7.28. The van der Waals surface area contributed by atoms with Crippen LogP contribution in [-0.4, -0.2) is 23.5 Å². The number of pyridine rings is 1. The highest BCUT2D eigenvalue weighted by molar-refractivity contribution is 6.31. The average molecular weight is 302 g/mol. The maximum atomic E-state index is 12.5. The predicted molar refractivity (Wildman–Crippen MR) is 84.8 cm³/mol. The molecule has 1 atom stereocenters. The average Bonchev–Trinajstić information content (AvgIpc) is 2.80. The number of halogens is 1. The molecule has 3 rings (SSSR count). The van der Waals surface area contributed by atoms with Crippen molar-refractivity contribution in [3.63, 3.8) is 0 Å². The summed E-state index contributed by atoms with van der Waals surface area (Å²) in [6, 6.07) is 12.9. The van der Waals surface area contributed by atoms with Crippen LogP contribution in [0, 0.1) is 6.92 Å². The van der Waals surface area contributed by atoms with Gasteiger partial charge in [-0.15, -0.1) is 0 Å². The first-order chi connectivity index (χ1) is 10.1. The summed E-state index contributed by atoms with van der Waals surface area (Å²) in [5.74, 6) is 0.793. The largest absolute Gasteiger partial charge is 0.358 e. The van der Waals surface area contributed by atoms with Crippen LogP contribution in [0.2, 0.25) is 5.02 Å². The van der Waals surface area contributed by atoms with Crippen LogP contribution in [0.5, 0.6) is 0 Å². The van der Waals surface area contributed by atoms with E-state index >= 15 is 0 Å². The molecule has 2 aromatic rings. The second kappa shape index (κ2) is 5.74. The summed E-state index contributed by atoms with van der Waals surface area (Å²) in [7, 11) is 0. The Balaban J connectivity index is 1.75. The molecular formula is C16H16ClN3O. The molecule has 1 aromatic heterocycles. The first kappa shape index (κ1) is 13.9. The zero-order chi connectivity index (χ0) is 14.8. The van der Waals surface area contributed by atoms with Crippen LogP contribution in [0.4, 0.5) is 11.5 Å². The summed E-state index contributed by atoms with van der Waals surface area (Å²) < 4.78 is 0. The van der Waals surface area contributed by atoms with Crippen molar-refractivity contribution in [2.45, 2.75) is 19.4 Å². The fourth-order valence-corrected chi connectivity index (χ4v) is 2.70. The number of amides is 1. The molecule has 1 amide bonds. The highest BCUT2D eigenvalue weighted by Crippen LogP contribution is 2.25. The summed E-state index contributed by atoms with van der Waals surface area (Å²) >= 11 is 5.99. The standard InChI is InChI=1S/C16H16ClN3O/c1-11-4-2-7-15(18-11)19-14-8-9-20(16(14)21)13-6-3-5-12(17)10-13/h2-7,10,14H,8-9H2,1H3,(H,18,19). The van der Waals surface area contributed by atoms with Crippen LogP contribution in [0.15, 0.2) is 42.5 Å².